The summed E-state index contributed by atoms with van der Waals surface area (Å²) in [4.78, 5) is 0.305. The van der Waals surface area contributed by atoms with Gasteiger partial charge in [0.1, 0.15) is 0 Å². The maximum absolute atomic E-state index is 11.5. The molecule has 1 unspecified atom stereocenters. The molecule has 0 aliphatic rings. The number of sulfone groups is 1. The summed E-state index contributed by atoms with van der Waals surface area (Å²) in [6.07, 6.45) is 6.95. The number of para-hydroxylation sites is 1. The molecule has 3 nitrogen and oxygen atoms in total. The molecule has 16 heavy (non-hydrogen) atoms. The zero-order valence-corrected chi connectivity index (χ0v) is 10.2. The molecule has 0 aliphatic heterocycles. The van der Waals surface area contributed by atoms with Gasteiger partial charge in [-0.1, -0.05) is 12.1 Å². The van der Waals surface area contributed by atoms with E-state index in [4.69, 9.17) is 6.42 Å². The third kappa shape index (κ3) is 3.28. The molecule has 1 N–H and O–H groups in total. The van der Waals surface area contributed by atoms with Crippen molar-refractivity contribution in [3.05, 3.63) is 24.3 Å². The summed E-state index contributed by atoms with van der Waals surface area (Å²) in [5.41, 5.74) is 0.604. The lowest BCUT2D eigenvalue weighted by molar-refractivity contribution is 0.602. The molecule has 0 saturated carbocycles. The molecular weight excluding hydrogens is 222 g/mol. The molecule has 1 rings (SSSR count). The number of nitrogens with one attached hydrogen (secondary N) is 1. The molecule has 1 atom stereocenters. The fourth-order valence-corrected chi connectivity index (χ4v) is 2.25. The average molecular weight is 237 g/mol. The number of terminal acetylenes is 1. The normalized spacial score (nSPS) is 12.8. The molecule has 4 heteroatoms. The molecule has 1 aromatic carbocycles. The Morgan fingerprint density at radius 1 is 1.44 bits per heavy atom. The Balaban J connectivity index is 3.02. The van der Waals surface area contributed by atoms with Crippen LogP contribution in [-0.2, 0) is 9.84 Å². The molecule has 0 radical (unpaired) electrons. The second-order valence-electron chi connectivity index (χ2n) is 3.72. The summed E-state index contributed by atoms with van der Waals surface area (Å²) >= 11 is 0. The first-order valence-corrected chi connectivity index (χ1v) is 6.83. The van der Waals surface area contributed by atoms with Gasteiger partial charge >= 0.3 is 0 Å². The van der Waals surface area contributed by atoms with Crippen LogP contribution >= 0.6 is 0 Å². The first-order chi connectivity index (χ1) is 7.45. The Hall–Kier alpha value is -1.47. The lowest BCUT2D eigenvalue weighted by atomic mass is 10.2. The highest BCUT2D eigenvalue weighted by Crippen LogP contribution is 2.21. The quantitative estimate of drug-likeness (QED) is 0.814. The highest BCUT2D eigenvalue weighted by molar-refractivity contribution is 7.90. The van der Waals surface area contributed by atoms with E-state index in [1.165, 1.54) is 6.26 Å². The van der Waals surface area contributed by atoms with Crippen molar-refractivity contribution >= 4 is 15.5 Å². The van der Waals surface area contributed by atoms with E-state index in [-0.39, 0.29) is 6.04 Å². The van der Waals surface area contributed by atoms with Crippen molar-refractivity contribution in [3.63, 3.8) is 0 Å². The van der Waals surface area contributed by atoms with Crippen LogP contribution in [0.3, 0.4) is 0 Å². The molecule has 0 spiro atoms. The minimum absolute atomic E-state index is 0.0490. The van der Waals surface area contributed by atoms with Gasteiger partial charge < -0.3 is 5.32 Å². The predicted molar refractivity (Wildman–Crippen MR) is 66.1 cm³/mol. The van der Waals surface area contributed by atoms with Crippen LogP contribution in [0.5, 0.6) is 0 Å². The smallest absolute Gasteiger partial charge is 0.177 e. The maximum Gasteiger partial charge on any atom is 0.177 e. The predicted octanol–water partition coefficient (Wildman–Crippen LogP) is 1.91. The first-order valence-electron chi connectivity index (χ1n) is 4.94. The van der Waals surface area contributed by atoms with Crippen LogP contribution in [0.1, 0.15) is 13.3 Å². The lowest BCUT2D eigenvalue weighted by Crippen LogP contribution is -2.16. The second kappa shape index (κ2) is 5.04. The molecule has 86 valence electrons. The average Bonchev–Trinajstić information content (AvgIpc) is 2.17. The fraction of sp³-hybridized carbons (Fsp3) is 0.333. The highest BCUT2D eigenvalue weighted by atomic mass is 32.2. The molecule has 0 fully saturated rings. The summed E-state index contributed by atoms with van der Waals surface area (Å²) in [5.74, 6) is 2.53. The lowest BCUT2D eigenvalue weighted by Gasteiger charge is -2.15. The minimum atomic E-state index is -3.21. The van der Waals surface area contributed by atoms with E-state index in [9.17, 15) is 8.42 Å². The van der Waals surface area contributed by atoms with Crippen LogP contribution in [0.25, 0.3) is 0 Å². The number of anilines is 1. The van der Waals surface area contributed by atoms with Crippen molar-refractivity contribution in [2.75, 3.05) is 11.6 Å². The highest BCUT2D eigenvalue weighted by Gasteiger charge is 2.13. The van der Waals surface area contributed by atoms with Gasteiger partial charge in [-0.05, 0) is 19.1 Å². The van der Waals surface area contributed by atoms with E-state index in [0.717, 1.165) is 0 Å². The first kappa shape index (κ1) is 12.6. The van der Waals surface area contributed by atoms with Crippen LogP contribution in [0.15, 0.2) is 29.2 Å². The molecule has 1 aromatic rings. The van der Waals surface area contributed by atoms with E-state index in [1.807, 2.05) is 6.92 Å². The van der Waals surface area contributed by atoms with Crippen molar-refractivity contribution in [2.24, 2.45) is 0 Å². The van der Waals surface area contributed by atoms with Gasteiger partial charge in [-0.3, -0.25) is 0 Å². The van der Waals surface area contributed by atoms with Gasteiger partial charge in [0.2, 0.25) is 0 Å². The van der Waals surface area contributed by atoms with Gasteiger partial charge in [0.25, 0.3) is 0 Å². The van der Waals surface area contributed by atoms with Crippen LogP contribution < -0.4 is 5.32 Å². The van der Waals surface area contributed by atoms with Gasteiger partial charge in [0.05, 0.1) is 10.6 Å². The van der Waals surface area contributed by atoms with Crippen LogP contribution in [0.4, 0.5) is 5.69 Å². The van der Waals surface area contributed by atoms with E-state index in [0.29, 0.717) is 17.0 Å². The third-order valence-corrected chi connectivity index (χ3v) is 3.27. The van der Waals surface area contributed by atoms with E-state index >= 15 is 0 Å². The van der Waals surface area contributed by atoms with Crippen LogP contribution in [0.2, 0.25) is 0 Å². The number of hydrogen-bond donors (Lipinski definition) is 1. The molecule has 0 saturated heterocycles. The van der Waals surface area contributed by atoms with Gasteiger partial charge in [-0.15, -0.1) is 12.3 Å². The Kier molecular flexibility index (Phi) is 3.97. The van der Waals surface area contributed by atoms with E-state index in [1.54, 1.807) is 24.3 Å². The standard InChI is InChI=1S/C12H15NO2S/c1-4-7-10(2)13-11-8-5-6-9-12(11)16(3,14)15/h1,5-6,8-10,13H,7H2,2-3H3. The van der Waals surface area contributed by atoms with Crippen molar-refractivity contribution < 1.29 is 8.42 Å². The van der Waals surface area contributed by atoms with Crippen molar-refractivity contribution in [2.45, 2.75) is 24.3 Å². The van der Waals surface area contributed by atoms with Gasteiger partial charge in [0, 0.05) is 18.7 Å². The Morgan fingerprint density at radius 3 is 2.62 bits per heavy atom. The third-order valence-electron chi connectivity index (χ3n) is 2.11. The SMILES string of the molecule is C#CCC(C)Nc1ccccc1S(C)(=O)=O. The monoisotopic (exact) mass is 237 g/mol. The summed E-state index contributed by atoms with van der Waals surface area (Å²) < 4.78 is 23.0. The summed E-state index contributed by atoms with van der Waals surface area (Å²) in [6.45, 7) is 1.92. The van der Waals surface area contributed by atoms with Crippen molar-refractivity contribution in [1.82, 2.24) is 0 Å². The summed E-state index contributed by atoms with van der Waals surface area (Å²) in [7, 11) is -3.21. The summed E-state index contributed by atoms with van der Waals surface area (Å²) in [5, 5.41) is 3.10. The maximum atomic E-state index is 11.5. The Labute approximate surface area is 96.8 Å². The number of benzene rings is 1. The molecular formula is C12H15NO2S. The zero-order valence-electron chi connectivity index (χ0n) is 9.40. The van der Waals surface area contributed by atoms with Gasteiger partial charge in [-0.25, -0.2) is 8.42 Å². The zero-order chi connectivity index (χ0) is 12.2. The Morgan fingerprint density at radius 2 is 2.06 bits per heavy atom. The molecule has 0 aromatic heterocycles. The van der Waals surface area contributed by atoms with Crippen molar-refractivity contribution in [3.8, 4) is 12.3 Å². The number of hydrogen-bond acceptors (Lipinski definition) is 3. The minimum Gasteiger partial charge on any atom is -0.381 e. The topological polar surface area (TPSA) is 46.2 Å². The van der Waals surface area contributed by atoms with E-state index in [2.05, 4.69) is 11.2 Å². The fourth-order valence-electron chi connectivity index (χ4n) is 1.40. The van der Waals surface area contributed by atoms with Crippen LogP contribution in [0, 0.1) is 12.3 Å². The molecule has 0 aliphatic carbocycles. The van der Waals surface area contributed by atoms with Gasteiger partial charge in [-0.2, -0.15) is 0 Å². The summed E-state index contributed by atoms with van der Waals surface area (Å²) in [6, 6.07) is 6.87. The van der Waals surface area contributed by atoms with E-state index < -0.39 is 9.84 Å². The molecule has 0 bridgehead atoms. The molecule has 0 amide bonds. The Bertz CT molecular complexity index is 500. The van der Waals surface area contributed by atoms with Crippen LogP contribution in [-0.4, -0.2) is 20.7 Å². The molecule has 0 heterocycles. The van der Waals surface area contributed by atoms with Crippen molar-refractivity contribution in [1.29, 1.82) is 0 Å². The second-order valence-corrected chi connectivity index (χ2v) is 5.71. The van der Waals surface area contributed by atoms with Gasteiger partial charge in [0.15, 0.2) is 9.84 Å². The largest absolute Gasteiger partial charge is 0.381 e. The number of rotatable bonds is 4.